The summed E-state index contributed by atoms with van der Waals surface area (Å²) in [6.45, 7) is 0.451. The van der Waals surface area contributed by atoms with Gasteiger partial charge in [0.05, 0.1) is 28.0 Å². The molecule has 2 aliphatic heterocycles. The standard InChI is InChI=1S/C17H21N3O5S2/c18-11-13-1-3-16(4-2-13)27(24,25)20-8-5-14(6-9-20)17(21)19-15-7-10-26(22,23)12-15/h1-4,14-15H,5-10,12H2,(H,19,21)/t15-/m0/s1. The quantitative estimate of drug-likeness (QED) is 0.758. The first-order chi connectivity index (χ1) is 12.7. The van der Waals surface area contributed by atoms with Crippen molar-refractivity contribution in [1.29, 1.82) is 5.26 Å². The molecule has 0 spiro atoms. The molecule has 0 saturated carbocycles. The summed E-state index contributed by atoms with van der Waals surface area (Å²) in [7, 11) is -6.72. The Kier molecular flexibility index (Phi) is 5.55. The fourth-order valence-electron chi connectivity index (χ4n) is 3.44. The second kappa shape index (κ2) is 7.58. The summed E-state index contributed by atoms with van der Waals surface area (Å²) in [6.07, 6.45) is 1.21. The van der Waals surface area contributed by atoms with Crippen LogP contribution in [0, 0.1) is 17.2 Å². The maximum atomic E-state index is 12.7. The Morgan fingerprint density at radius 1 is 1.15 bits per heavy atom. The van der Waals surface area contributed by atoms with E-state index in [0.29, 0.717) is 24.8 Å². The summed E-state index contributed by atoms with van der Waals surface area (Å²) >= 11 is 0. The van der Waals surface area contributed by atoms with Crippen LogP contribution in [0.2, 0.25) is 0 Å². The molecule has 0 bridgehead atoms. The van der Waals surface area contributed by atoms with Crippen LogP contribution in [0.1, 0.15) is 24.8 Å². The molecule has 1 amide bonds. The lowest BCUT2D eigenvalue weighted by molar-refractivity contribution is -0.126. The number of nitriles is 1. The number of nitrogens with zero attached hydrogens (tertiary/aromatic N) is 2. The van der Waals surface area contributed by atoms with Gasteiger partial charge in [0.2, 0.25) is 15.9 Å². The number of sulfonamides is 1. The SMILES string of the molecule is N#Cc1ccc(S(=O)(=O)N2CCC(C(=O)N[C@H]3CCS(=O)(=O)C3)CC2)cc1. The largest absolute Gasteiger partial charge is 0.352 e. The van der Waals surface area contributed by atoms with Gasteiger partial charge in [-0.05, 0) is 43.5 Å². The fourth-order valence-corrected chi connectivity index (χ4v) is 6.58. The summed E-state index contributed by atoms with van der Waals surface area (Å²) in [6, 6.07) is 7.34. The number of benzene rings is 1. The first-order valence-corrected chi connectivity index (χ1v) is 12.0. The Balaban J connectivity index is 1.57. The number of carbonyl (C=O) groups excluding carboxylic acids is 1. The number of hydrogen-bond acceptors (Lipinski definition) is 6. The molecule has 1 atom stereocenters. The van der Waals surface area contributed by atoms with Gasteiger partial charge in [-0.15, -0.1) is 0 Å². The Hall–Kier alpha value is -1.96. The first-order valence-electron chi connectivity index (χ1n) is 8.72. The van der Waals surface area contributed by atoms with Gasteiger partial charge in [-0.1, -0.05) is 0 Å². The average molecular weight is 412 g/mol. The number of nitrogens with one attached hydrogen (secondary N) is 1. The van der Waals surface area contributed by atoms with Gasteiger partial charge in [-0.2, -0.15) is 9.57 Å². The van der Waals surface area contributed by atoms with Crippen LogP contribution in [0.25, 0.3) is 0 Å². The van der Waals surface area contributed by atoms with Crippen molar-refractivity contribution in [2.75, 3.05) is 24.6 Å². The predicted octanol–water partition coefficient (Wildman–Crippen LogP) is 0.262. The predicted molar refractivity (Wildman–Crippen MR) is 97.8 cm³/mol. The maximum absolute atomic E-state index is 12.7. The molecule has 0 unspecified atom stereocenters. The van der Waals surface area contributed by atoms with E-state index >= 15 is 0 Å². The minimum Gasteiger partial charge on any atom is -0.352 e. The van der Waals surface area contributed by atoms with E-state index in [1.54, 1.807) is 0 Å². The highest BCUT2D eigenvalue weighted by Crippen LogP contribution is 2.24. The Morgan fingerprint density at radius 3 is 2.30 bits per heavy atom. The summed E-state index contributed by atoms with van der Waals surface area (Å²) in [5.74, 6) is -0.447. The van der Waals surface area contributed by atoms with Crippen LogP contribution in [0.15, 0.2) is 29.2 Å². The normalized spacial score (nSPS) is 23.6. The molecule has 2 heterocycles. The molecule has 10 heteroatoms. The number of sulfone groups is 1. The number of piperidine rings is 1. The molecular weight excluding hydrogens is 390 g/mol. The topological polar surface area (TPSA) is 124 Å². The van der Waals surface area contributed by atoms with Crippen molar-refractivity contribution in [3.63, 3.8) is 0 Å². The lowest BCUT2D eigenvalue weighted by atomic mass is 9.97. The van der Waals surface area contributed by atoms with Gasteiger partial charge in [0, 0.05) is 25.0 Å². The number of rotatable bonds is 4. The Bertz CT molecular complexity index is 957. The molecule has 2 saturated heterocycles. The van der Waals surface area contributed by atoms with Crippen LogP contribution in [0.5, 0.6) is 0 Å². The van der Waals surface area contributed by atoms with E-state index in [0.717, 1.165) is 0 Å². The minimum absolute atomic E-state index is 0.0232. The van der Waals surface area contributed by atoms with Gasteiger partial charge in [0.15, 0.2) is 9.84 Å². The second-order valence-corrected chi connectivity index (χ2v) is 11.1. The van der Waals surface area contributed by atoms with Crippen LogP contribution in [-0.2, 0) is 24.7 Å². The van der Waals surface area contributed by atoms with E-state index in [4.69, 9.17) is 5.26 Å². The van der Waals surface area contributed by atoms with Crippen molar-refractivity contribution < 1.29 is 21.6 Å². The van der Waals surface area contributed by atoms with Crippen molar-refractivity contribution in [3.8, 4) is 6.07 Å². The van der Waals surface area contributed by atoms with Gasteiger partial charge in [0.1, 0.15) is 0 Å². The molecule has 0 aromatic heterocycles. The van der Waals surface area contributed by atoms with Gasteiger partial charge < -0.3 is 5.32 Å². The number of hydrogen-bond donors (Lipinski definition) is 1. The van der Waals surface area contributed by atoms with Crippen LogP contribution in [0.3, 0.4) is 0 Å². The van der Waals surface area contributed by atoms with E-state index in [1.165, 1.54) is 28.6 Å². The molecule has 27 heavy (non-hydrogen) atoms. The zero-order chi connectivity index (χ0) is 19.7. The Morgan fingerprint density at radius 2 is 1.78 bits per heavy atom. The highest BCUT2D eigenvalue weighted by Gasteiger charge is 2.34. The molecule has 0 radical (unpaired) electrons. The number of carbonyl (C=O) groups is 1. The van der Waals surface area contributed by atoms with Crippen molar-refractivity contribution in [2.24, 2.45) is 5.92 Å². The van der Waals surface area contributed by atoms with Crippen LogP contribution in [-0.4, -0.2) is 57.7 Å². The highest BCUT2D eigenvalue weighted by atomic mass is 32.2. The zero-order valence-corrected chi connectivity index (χ0v) is 16.3. The van der Waals surface area contributed by atoms with E-state index in [-0.39, 0.29) is 47.4 Å². The molecule has 1 N–H and O–H groups in total. The highest BCUT2D eigenvalue weighted by molar-refractivity contribution is 7.91. The molecule has 2 aliphatic rings. The summed E-state index contributed by atoms with van der Waals surface area (Å²) in [4.78, 5) is 12.5. The second-order valence-electron chi connectivity index (χ2n) is 6.92. The fraction of sp³-hybridized carbons (Fsp3) is 0.529. The molecule has 0 aliphatic carbocycles. The Labute approximate surface area is 159 Å². The van der Waals surface area contributed by atoms with Gasteiger partial charge >= 0.3 is 0 Å². The average Bonchev–Trinajstić information content (AvgIpc) is 3.00. The third-order valence-corrected chi connectivity index (χ3v) is 8.71. The lowest BCUT2D eigenvalue weighted by Crippen LogP contribution is -2.45. The van der Waals surface area contributed by atoms with Gasteiger partial charge in [-0.3, -0.25) is 4.79 Å². The maximum Gasteiger partial charge on any atom is 0.243 e. The van der Waals surface area contributed by atoms with E-state index in [1.807, 2.05) is 6.07 Å². The van der Waals surface area contributed by atoms with Crippen molar-refractivity contribution in [2.45, 2.75) is 30.2 Å². The van der Waals surface area contributed by atoms with Gasteiger partial charge in [-0.25, -0.2) is 16.8 Å². The van der Waals surface area contributed by atoms with E-state index in [2.05, 4.69) is 5.32 Å². The van der Waals surface area contributed by atoms with Crippen LogP contribution in [0.4, 0.5) is 0 Å². The zero-order valence-electron chi connectivity index (χ0n) is 14.7. The third-order valence-electron chi connectivity index (χ3n) is 5.02. The monoisotopic (exact) mass is 411 g/mol. The van der Waals surface area contributed by atoms with Gasteiger partial charge in [0.25, 0.3) is 0 Å². The molecule has 3 rings (SSSR count). The minimum atomic E-state index is -3.66. The van der Waals surface area contributed by atoms with E-state index < -0.39 is 19.9 Å². The number of amides is 1. The summed E-state index contributed by atoms with van der Waals surface area (Å²) < 4.78 is 49.7. The third kappa shape index (κ3) is 4.48. The molecule has 2 fully saturated rings. The van der Waals surface area contributed by atoms with Crippen molar-refractivity contribution >= 4 is 25.8 Å². The summed E-state index contributed by atoms with van der Waals surface area (Å²) in [5.41, 5.74) is 0.387. The van der Waals surface area contributed by atoms with Crippen molar-refractivity contribution in [1.82, 2.24) is 9.62 Å². The first kappa shape index (κ1) is 19.8. The smallest absolute Gasteiger partial charge is 0.243 e. The molecular formula is C17H21N3O5S2. The van der Waals surface area contributed by atoms with Crippen molar-refractivity contribution in [3.05, 3.63) is 29.8 Å². The lowest BCUT2D eigenvalue weighted by Gasteiger charge is -2.31. The van der Waals surface area contributed by atoms with Crippen LogP contribution >= 0.6 is 0 Å². The molecule has 146 valence electrons. The summed E-state index contributed by atoms with van der Waals surface area (Å²) in [5, 5.41) is 11.6. The van der Waals surface area contributed by atoms with E-state index in [9.17, 15) is 21.6 Å². The molecule has 1 aromatic carbocycles. The molecule has 8 nitrogen and oxygen atoms in total. The molecule has 1 aromatic rings. The van der Waals surface area contributed by atoms with Crippen LogP contribution < -0.4 is 5.32 Å².